The summed E-state index contributed by atoms with van der Waals surface area (Å²) in [6.07, 6.45) is 105. The number of ether oxygens (including phenoxy) is 2. The molecule has 0 rings (SSSR count). The van der Waals surface area contributed by atoms with Gasteiger partial charge in [0.25, 0.3) is 0 Å². The molecule has 0 saturated carbocycles. The average Bonchev–Trinajstić information content (AvgIpc) is 3.44. The Bertz CT molecular complexity index is 1830. The fraction of sp³-hybridized carbons (Fsp3) is 0.534. The first kappa shape index (κ1) is 72.7. The van der Waals surface area contributed by atoms with Crippen LogP contribution in [0.25, 0.3) is 0 Å². The molecule has 1 N–H and O–H groups in total. The first-order chi connectivity index (χ1) is 38.6. The van der Waals surface area contributed by atoms with Gasteiger partial charge in [0.2, 0.25) is 0 Å². The van der Waals surface area contributed by atoms with Crippen molar-refractivity contribution in [3.05, 3.63) is 194 Å². The predicted molar refractivity (Wildman–Crippen MR) is 342 cm³/mol. The standard InChI is InChI=1S/C73H112O5/c1-3-5-7-9-11-13-15-17-19-21-23-25-27-29-31-33-34-35-36-37-38-40-42-44-46-48-50-52-54-56-58-60-62-64-66-68-73(76)78-71(69-74)70-77-72(75)67-65-63-61-59-57-55-53-51-49-47-45-43-41-39-32-30-28-26-24-22-20-18-16-14-12-10-8-6-4-2/h5-8,11-14,17-20,23-26,29-32,34-35,37-38,41-44,48,50,54,56,71,74H,3-4,9-10,15-16,21-22,27-28,33,36,39-40,45-47,49,51-53,55,57-70H2,1-2H3/b7-5-,8-6-,13-11-,14-12-,19-17-,20-18-,25-23-,26-24-,31-29-,32-30-,35-34-,38-37-,43-41-,44-42-,50-48-,56-54-. The summed E-state index contributed by atoms with van der Waals surface area (Å²) >= 11 is 0. The normalized spacial score (nSPS) is 13.6. The zero-order valence-electron chi connectivity index (χ0n) is 49.6. The average molecular weight is 1070 g/mol. The van der Waals surface area contributed by atoms with Crippen LogP contribution in [-0.4, -0.2) is 36.4 Å². The number of carbonyl (C=O) groups excluding carboxylic acids is 2. The largest absolute Gasteiger partial charge is 0.462 e. The molecule has 434 valence electrons. The van der Waals surface area contributed by atoms with E-state index in [0.29, 0.717) is 12.8 Å². The molecule has 5 heteroatoms. The number of carbonyl (C=O) groups is 2. The van der Waals surface area contributed by atoms with E-state index in [2.05, 4.69) is 208 Å². The number of esters is 2. The monoisotopic (exact) mass is 1070 g/mol. The van der Waals surface area contributed by atoms with E-state index in [1.54, 1.807) is 0 Å². The minimum absolute atomic E-state index is 0.0921. The van der Waals surface area contributed by atoms with E-state index in [4.69, 9.17) is 9.47 Å². The Morgan fingerprint density at radius 3 is 0.769 bits per heavy atom. The fourth-order valence-corrected chi connectivity index (χ4v) is 7.82. The summed E-state index contributed by atoms with van der Waals surface area (Å²) in [6, 6.07) is 0. The Kier molecular flexibility index (Phi) is 61.6. The van der Waals surface area contributed by atoms with E-state index in [-0.39, 0.29) is 25.2 Å². The first-order valence-corrected chi connectivity index (χ1v) is 31.0. The van der Waals surface area contributed by atoms with Crippen molar-refractivity contribution >= 4 is 11.9 Å². The maximum absolute atomic E-state index is 12.3. The van der Waals surface area contributed by atoms with Crippen molar-refractivity contribution in [2.75, 3.05) is 13.2 Å². The Morgan fingerprint density at radius 2 is 0.513 bits per heavy atom. The second-order valence-corrected chi connectivity index (χ2v) is 19.7. The van der Waals surface area contributed by atoms with Crippen molar-refractivity contribution in [2.24, 2.45) is 0 Å². The first-order valence-electron chi connectivity index (χ1n) is 31.0. The highest BCUT2D eigenvalue weighted by Crippen LogP contribution is 2.14. The predicted octanol–water partition coefficient (Wildman–Crippen LogP) is 21.6. The molecular weight excluding hydrogens is 957 g/mol. The number of aliphatic hydroxyl groups excluding tert-OH is 1. The second-order valence-electron chi connectivity index (χ2n) is 19.7. The van der Waals surface area contributed by atoms with Crippen LogP contribution in [-0.2, 0) is 19.1 Å². The topological polar surface area (TPSA) is 72.8 Å². The van der Waals surface area contributed by atoms with Gasteiger partial charge in [-0.15, -0.1) is 0 Å². The van der Waals surface area contributed by atoms with Crippen molar-refractivity contribution in [1.82, 2.24) is 0 Å². The number of allylic oxidation sites excluding steroid dienone is 32. The molecule has 0 spiro atoms. The lowest BCUT2D eigenvalue weighted by Crippen LogP contribution is -2.28. The van der Waals surface area contributed by atoms with Crippen LogP contribution in [0.3, 0.4) is 0 Å². The van der Waals surface area contributed by atoms with Crippen LogP contribution in [0.1, 0.15) is 232 Å². The van der Waals surface area contributed by atoms with Gasteiger partial charge in [0.05, 0.1) is 6.61 Å². The summed E-state index contributed by atoms with van der Waals surface area (Å²) in [5.41, 5.74) is 0. The molecule has 0 heterocycles. The maximum atomic E-state index is 12.3. The van der Waals surface area contributed by atoms with Crippen LogP contribution in [0.2, 0.25) is 0 Å². The summed E-state index contributed by atoms with van der Waals surface area (Å²) < 4.78 is 10.7. The Hall–Kier alpha value is -5.26. The molecule has 0 aromatic rings. The van der Waals surface area contributed by atoms with Gasteiger partial charge in [-0.05, 0) is 141 Å². The van der Waals surface area contributed by atoms with Gasteiger partial charge in [-0.25, -0.2) is 0 Å². The highest BCUT2D eigenvalue weighted by molar-refractivity contribution is 5.70. The number of hydrogen-bond donors (Lipinski definition) is 1. The lowest BCUT2D eigenvalue weighted by atomic mass is 10.1. The van der Waals surface area contributed by atoms with Crippen molar-refractivity contribution in [1.29, 1.82) is 0 Å². The van der Waals surface area contributed by atoms with Crippen LogP contribution in [0.4, 0.5) is 0 Å². The van der Waals surface area contributed by atoms with E-state index < -0.39 is 6.10 Å². The van der Waals surface area contributed by atoms with Crippen molar-refractivity contribution in [2.45, 2.75) is 238 Å². The SMILES string of the molecule is CC/C=C\C/C=C\C/C=C\C/C=C\C/C=C\C/C=C\C/C=C\C/C=C\C/C=C\C/C=C\CCCCCCC(=O)OC(CO)COC(=O)CCCCCCCCCCCC/C=C\C/C=C\C/C=C\C/C=C\C/C=C\C/C=C\CC. The van der Waals surface area contributed by atoms with Crippen molar-refractivity contribution < 1.29 is 24.2 Å². The van der Waals surface area contributed by atoms with E-state index in [9.17, 15) is 14.7 Å². The quantitative estimate of drug-likeness (QED) is 0.0373. The molecule has 0 aromatic heterocycles. The molecule has 1 atom stereocenters. The number of rotatable bonds is 54. The molecular formula is C73H112O5. The Labute approximate surface area is 479 Å². The molecule has 78 heavy (non-hydrogen) atoms. The maximum Gasteiger partial charge on any atom is 0.306 e. The van der Waals surface area contributed by atoms with E-state index in [1.807, 2.05) is 0 Å². The molecule has 5 nitrogen and oxygen atoms in total. The highest BCUT2D eigenvalue weighted by atomic mass is 16.6. The van der Waals surface area contributed by atoms with E-state index >= 15 is 0 Å². The summed E-state index contributed by atoms with van der Waals surface area (Å²) in [5.74, 6) is -0.639. The van der Waals surface area contributed by atoms with Gasteiger partial charge in [-0.2, -0.15) is 0 Å². The fourth-order valence-electron chi connectivity index (χ4n) is 7.82. The van der Waals surface area contributed by atoms with Gasteiger partial charge in [0.1, 0.15) is 6.61 Å². The minimum atomic E-state index is -0.805. The van der Waals surface area contributed by atoms with Gasteiger partial charge >= 0.3 is 11.9 Å². The third kappa shape index (κ3) is 63.3. The minimum Gasteiger partial charge on any atom is -0.462 e. The third-order valence-electron chi connectivity index (χ3n) is 12.4. The molecule has 0 radical (unpaired) electrons. The van der Waals surface area contributed by atoms with Gasteiger partial charge in [0, 0.05) is 12.8 Å². The molecule has 0 bridgehead atoms. The Balaban J connectivity index is 3.66. The zero-order valence-corrected chi connectivity index (χ0v) is 49.6. The van der Waals surface area contributed by atoms with Crippen molar-refractivity contribution in [3.63, 3.8) is 0 Å². The van der Waals surface area contributed by atoms with Crippen molar-refractivity contribution in [3.8, 4) is 0 Å². The molecule has 0 aliphatic rings. The highest BCUT2D eigenvalue weighted by Gasteiger charge is 2.16. The van der Waals surface area contributed by atoms with Crippen LogP contribution in [0.15, 0.2) is 194 Å². The zero-order chi connectivity index (χ0) is 56.2. The summed E-state index contributed by atoms with van der Waals surface area (Å²) in [5, 5.41) is 9.68. The van der Waals surface area contributed by atoms with Gasteiger partial charge in [-0.1, -0.05) is 272 Å². The molecule has 0 aliphatic carbocycles. The van der Waals surface area contributed by atoms with Crippen LogP contribution in [0, 0.1) is 0 Å². The third-order valence-corrected chi connectivity index (χ3v) is 12.4. The van der Waals surface area contributed by atoms with Crippen LogP contribution in [0.5, 0.6) is 0 Å². The smallest absolute Gasteiger partial charge is 0.306 e. The van der Waals surface area contributed by atoms with Crippen LogP contribution < -0.4 is 0 Å². The summed E-state index contributed by atoms with van der Waals surface area (Å²) in [6.45, 7) is 3.88. The van der Waals surface area contributed by atoms with E-state index in [0.717, 1.165) is 154 Å². The van der Waals surface area contributed by atoms with E-state index in [1.165, 1.54) is 51.4 Å². The van der Waals surface area contributed by atoms with Crippen LogP contribution >= 0.6 is 0 Å². The lowest BCUT2D eigenvalue weighted by Gasteiger charge is -2.15. The molecule has 0 aliphatic heterocycles. The summed E-state index contributed by atoms with van der Waals surface area (Å²) in [7, 11) is 0. The second kappa shape index (κ2) is 66.0. The molecule has 0 saturated heterocycles. The molecule has 0 fully saturated rings. The molecule has 0 aromatic carbocycles. The number of aliphatic hydroxyl groups is 1. The molecule has 0 amide bonds. The van der Waals surface area contributed by atoms with Gasteiger partial charge in [0.15, 0.2) is 6.10 Å². The summed E-state index contributed by atoms with van der Waals surface area (Å²) in [4.78, 5) is 24.6. The number of hydrogen-bond acceptors (Lipinski definition) is 5. The molecule has 1 unspecified atom stereocenters. The Morgan fingerprint density at radius 1 is 0.295 bits per heavy atom. The lowest BCUT2D eigenvalue weighted by molar-refractivity contribution is -0.161. The van der Waals surface area contributed by atoms with Gasteiger partial charge in [-0.3, -0.25) is 9.59 Å². The number of unbranched alkanes of at least 4 members (excludes halogenated alkanes) is 14. The van der Waals surface area contributed by atoms with Gasteiger partial charge < -0.3 is 14.6 Å².